The Labute approximate surface area is 200 Å². The van der Waals surface area contributed by atoms with Crippen molar-refractivity contribution in [1.82, 2.24) is 5.43 Å². The first-order valence-electron chi connectivity index (χ1n) is 10.6. The van der Waals surface area contributed by atoms with Crippen LogP contribution >= 0.6 is 0 Å². The first kappa shape index (κ1) is 23.2. The summed E-state index contributed by atoms with van der Waals surface area (Å²) in [5, 5.41) is 15.0. The maximum Gasteiger partial charge on any atom is 0.275 e. The molecule has 1 aromatic heterocycles. The molecule has 3 aromatic carbocycles. The average Bonchev–Trinajstić information content (AvgIpc) is 3.36. The van der Waals surface area contributed by atoms with Crippen LogP contribution in [0.25, 0.3) is 11.3 Å². The van der Waals surface area contributed by atoms with Crippen LogP contribution in [0.1, 0.15) is 21.7 Å². The second-order valence-corrected chi connectivity index (χ2v) is 7.31. The second kappa shape index (κ2) is 10.8. The molecule has 0 atom stereocenters. The molecule has 0 radical (unpaired) electrons. The molecule has 176 valence electrons. The molecule has 1 amide bonds. The second-order valence-electron chi connectivity index (χ2n) is 7.31. The molecule has 9 heteroatoms. The maximum atomic E-state index is 12.7. The van der Waals surface area contributed by atoms with Crippen LogP contribution < -0.4 is 14.9 Å². The van der Waals surface area contributed by atoms with Gasteiger partial charge in [-0.15, -0.1) is 0 Å². The topological polar surface area (TPSA) is 116 Å². The van der Waals surface area contributed by atoms with E-state index < -0.39 is 10.8 Å². The van der Waals surface area contributed by atoms with Crippen molar-refractivity contribution in [3.63, 3.8) is 0 Å². The van der Waals surface area contributed by atoms with E-state index in [-0.39, 0.29) is 5.69 Å². The van der Waals surface area contributed by atoms with Gasteiger partial charge in [-0.2, -0.15) is 5.10 Å². The number of carbonyl (C=O) groups is 1. The summed E-state index contributed by atoms with van der Waals surface area (Å²) in [7, 11) is 1.42. The van der Waals surface area contributed by atoms with Gasteiger partial charge in [0.1, 0.15) is 29.6 Å². The summed E-state index contributed by atoms with van der Waals surface area (Å²) in [6.07, 6.45) is 1.35. The number of hydrazone groups is 1. The lowest BCUT2D eigenvalue weighted by Crippen LogP contribution is -2.18. The van der Waals surface area contributed by atoms with Crippen molar-refractivity contribution in [3.05, 3.63) is 112 Å². The Morgan fingerprint density at radius 1 is 1.03 bits per heavy atom. The quantitative estimate of drug-likeness (QED) is 0.204. The number of furan rings is 1. The fourth-order valence-electron chi connectivity index (χ4n) is 3.29. The molecule has 4 aromatic rings. The highest BCUT2D eigenvalue weighted by Crippen LogP contribution is 2.34. The highest BCUT2D eigenvalue weighted by atomic mass is 16.6. The summed E-state index contributed by atoms with van der Waals surface area (Å²) in [6, 6.07) is 24.1. The van der Waals surface area contributed by atoms with E-state index in [2.05, 4.69) is 10.5 Å². The van der Waals surface area contributed by atoms with Crippen molar-refractivity contribution in [2.45, 2.75) is 6.61 Å². The van der Waals surface area contributed by atoms with Gasteiger partial charge in [0.05, 0.1) is 35.4 Å². The Kier molecular flexibility index (Phi) is 7.17. The molecule has 9 nitrogen and oxygen atoms in total. The summed E-state index contributed by atoms with van der Waals surface area (Å²) in [5.41, 5.74) is 4.26. The number of nitro benzene ring substituents is 1. The van der Waals surface area contributed by atoms with Crippen molar-refractivity contribution in [1.29, 1.82) is 0 Å². The van der Waals surface area contributed by atoms with Gasteiger partial charge in [-0.1, -0.05) is 42.5 Å². The lowest BCUT2D eigenvalue weighted by molar-refractivity contribution is -0.384. The molecule has 0 aliphatic heterocycles. The molecule has 0 spiro atoms. The van der Waals surface area contributed by atoms with Gasteiger partial charge in [-0.05, 0) is 35.9 Å². The van der Waals surface area contributed by atoms with Gasteiger partial charge >= 0.3 is 0 Å². The number of para-hydroxylation sites is 1. The zero-order valence-corrected chi connectivity index (χ0v) is 18.7. The molecular weight excluding hydrogens is 450 g/mol. The number of nitro groups is 1. The van der Waals surface area contributed by atoms with Gasteiger partial charge in [0.25, 0.3) is 11.6 Å². The van der Waals surface area contributed by atoms with Crippen LogP contribution in [-0.2, 0) is 6.61 Å². The molecule has 1 heterocycles. The van der Waals surface area contributed by atoms with Gasteiger partial charge in [0.2, 0.25) is 0 Å². The van der Waals surface area contributed by atoms with E-state index in [1.54, 1.807) is 42.5 Å². The SMILES string of the molecule is COc1cc([N+](=O)[O-])ccc1-c1ccc(/C=N/NC(=O)c2ccccc2OCc2ccccc2)o1. The highest BCUT2D eigenvalue weighted by Gasteiger charge is 2.15. The zero-order chi connectivity index (χ0) is 24.6. The smallest absolute Gasteiger partial charge is 0.275 e. The van der Waals surface area contributed by atoms with E-state index in [9.17, 15) is 14.9 Å². The van der Waals surface area contributed by atoms with E-state index in [4.69, 9.17) is 13.9 Å². The van der Waals surface area contributed by atoms with Crippen LogP contribution in [0, 0.1) is 10.1 Å². The number of rotatable bonds is 9. The van der Waals surface area contributed by atoms with Gasteiger partial charge in [-0.3, -0.25) is 14.9 Å². The van der Waals surface area contributed by atoms with Crippen LogP contribution in [0.2, 0.25) is 0 Å². The van der Waals surface area contributed by atoms with E-state index in [1.807, 2.05) is 30.3 Å². The summed E-state index contributed by atoms with van der Waals surface area (Å²) in [5.74, 6) is 1.11. The number of hydrogen-bond donors (Lipinski definition) is 1. The zero-order valence-electron chi connectivity index (χ0n) is 18.7. The minimum Gasteiger partial charge on any atom is -0.496 e. The standard InChI is InChI=1S/C26H21N3O6/c1-33-25-15-19(29(31)32)11-13-21(25)24-14-12-20(35-24)16-27-28-26(30)22-9-5-6-10-23(22)34-17-18-7-3-2-4-8-18/h2-16H,17H2,1H3,(H,28,30)/b27-16+. The summed E-state index contributed by atoms with van der Waals surface area (Å²) in [6.45, 7) is 0.329. The third kappa shape index (κ3) is 5.72. The average molecular weight is 471 g/mol. The fourth-order valence-corrected chi connectivity index (χ4v) is 3.29. The van der Waals surface area contributed by atoms with E-state index in [1.165, 1.54) is 25.5 Å². The molecule has 0 unspecified atom stereocenters. The molecule has 0 saturated carbocycles. The summed E-state index contributed by atoms with van der Waals surface area (Å²) < 4.78 is 16.8. The maximum absolute atomic E-state index is 12.7. The number of nitrogens with one attached hydrogen (secondary N) is 1. The number of methoxy groups -OCH3 is 1. The van der Waals surface area contributed by atoms with Gasteiger partial charge in [0, 0.05) is 6.07 Å². The Morgan fingerprint density at radius 2 is 1.80 bits per heavy atom. The van der Waals surface area contributed by atoms with Crippen LogP contribution in [0.5, 0.6) is 11.5 Å². The molecule has 0 aliphatic rings. The van der Waals surface area contributed by atoms with Crippen molar-refractivity contribution < 1.29 is 23.6 Å². The van der Waals surface area contributed by atoms with Crippen molar-refractivity contribution in [2.24, 2.45) is 5.10 Å². The summed E-state index contributed by atoms with van der Waals surface area (Å²) in [4.78, 5) is 23.1. The fraction of sp³-hybridized carbons (Fsp3) is 0.0769. The number of carbonyl (C=O) groups excluding carboxylic acids is 1. The van der Waals surface area contributed by atoms with Gasteiger partial charge in [-0.25, -0.2) is 5.43 Å². The molecule has 0 saturated heterocycles. The number of amides is 1. The van der Waals surface area contributed by atoms with Crippen LogP contribution in [0.3, 0.4) is 0 Å². The molecule has 4 rings (SSSR count). The lowest BCUT2D eigenvalue weighted by Gasteiger charge is -2.10. The van der Waals surface area contributed by atoms with Crippen LogP contribution in [0.15, 0.2) is 94.4 Å². The van der Waals surface area contributed by atoms with E-state index >= 15 is 0 Å². The summed E-state index contributed by atoms with van der Waals surface area (Å²) >= 11 is 0. The Bertz CT molecular complexity index is 1360. The first-order valence-corrected chi connectivity index (χ1v) is 10.6. The number of benzene rings is 3. The first-order chi connectivity index (χ1) is 17.0. The molecule has 0 fully saturated rings. The van der Waals surface area contributed by atoms with Crippen LogP contribution in [-0.4, -0.2) is 24.2 Å². The monoisotopic (exact) mass is 471 g/mol. The van der Waals surface area contributed by atoms with Gasteiger partial charge in [0.15, 0.2) is 0 Å². The van der Waals surface area contributed by atoms with Crippen molar-refractivity contribution in [3.8, 4) is 22.8 Å². The minimum absolute atomic E-state index is 0.0883. The number of non-ortho nitro benzene ring substituents is 1. The van der Waals surface area contributed by atoms with Crippen molar-refractivity contribution in [2.75, 3.05) is 7.11 Å². The predicted octanol–water partition coefficient (Wildman–Crippen LogP) is 5.21. The van der Waals surface area contributed by atoms with E-state index in [0.717, 1.165) is 5.56 Å². The number of nitrogens with zero attached hydrogens (tertiary/aromatic N) is 2. The van der Waals surface area contributed by atoms with Crippen molar-refractivity contribution >= 4 is 17.8 Å². The number of hydrogen-bond acceptors (Lipinski definition) is 7. The molecule has 0 bridgehead atoms. The highest BCUT2D eigenvalue weighted by molar-refractivity contribution is 5.97. The third-order valence-corrected chi connectivity index (χ3v) is 5.01. The molecule has 0 aliphatic carbocycles. The molecular formula is C26H21N3O6. The van der Waals surface area contributed by atoms with E-state index in [0.29, 0.717) is 40.8 Å². The van der Waals surface area contributed by atoms with Gasteiger partial charge < -0.3 is 13.9 Å². The largest absolute Gasteiger partial charge is 0.496 e. The Morgan fingerprint density at radius 3 is 2.57 bits per heavy atom. The predicted molar refractivity (Wildman–Crippen MR) is 130 cm³/mol. The molecule has 1 N–H and O–H groups in total. The van der Waals surface area contributed by atoms with Crippen LogP contribution in [0.4, 0.5) is 5.69 Å². The minimum atomic E-state index is -0.500. The Balaban J connectivity index is 1.42. The number of ether oxygens (including phenoxy) is 2. The lowest BCUT2D eigenvalue weighted by atomic mass is 10.1. The third-order valence-electron chi connectivity index (χ3n) is 5.01. The molecule has 35 heavy (non-hydrogen) atoms. The Hall–Kier alpha value is -4.92. The normalized spacial score (nSPS) is 10.8.